The predicted molar refractivity (Wildman–Crippen MR) is 73.0 cm³/mol. The zero-order chi connectivity index (χ0) is 13.0. The molecule has 0 radical (unpaired) electrons. The van der Waals surface area contributed by atoms with Gasteiger partial charge < -0.3 is 15.4 Å². The number of rotatable bonds is 5. The number of methoxy groups -OCH3 is 1. The molecule has 0 amide bonds. The maximum Gasteiger partial charge on any atom is 0.134 e. The molecule has 0 bridgehead atoms. The van der Waals surface area contributed by atoms with Crippen LogP contribution < -0.4 is 10.6 Å². The molecule has 1 aromatic rings. The standard InChI is InChI=1S/C13H22N4O/c1-4-14-12-9(2)13(16-8-15-12)17-10-5-6-11(7-10)18-3/h8,10-11H,4-7H2,1-3H3,(H2,14,15,16,17). The van der Waals surface area contributed by atoms with Crippen LogP contribution in [0.25, 0.3) is 0 Å². The Morgan fingerprint density at radius 3 is 2.78 bits per heavy atom. The highest BCUT2D eigenvalue weighted by atomic mass is 16.5. The molecule has 18 heavy (non-hydrogen) atoms. The normalized spacial score (nSPS) is 23.1. The molecule has 1 fully saturated rings. The Hall–Kier alpha value is -1.36. The number of ether oxygens (including phenoxy) is 1. The van der Waals surface area contributed by atoms with Crippen LogP contribution in [0.4, 0.5) is 11.6 Å². The molecule has 2 atom stereocenters. The molecule has 2 rings (SSSR count). The summed E-state index contributed by atoms with van der Waals surface area (Å²) in [5.74, 6) is 1.85. The number of anilines is 2. The number of aromatic nitrogens is 2. The average Bonchev–Trinajstić information content (AvgIpc) is 2.82. The summed E-state index contributed by atoms with van der Waals surface area (Å²) in [6, 6.07) is 0.457. The minimum atomic E-state index is 0.387. The Kier molecular flexibility index (Phi) is 4.36. The van der Waals surface area contributed by atoms with E-state index in [4.69, 9.17) is 4.74 Å². The van der Waals surface area contributed by atoms with Gasteiger partial charge in [0.05, 0.1) is 6.10 Å². The number of nitrogens with one attached hydrogen (secondary N) is 2. The van der Waals surface area contributed by atoms with Gasteiger partial charge in [-0.3, -0.25) is 0 Å². The lowest BCUT2D eigenvalue weighted by Gasteiger charge is -2.16. The van der Waals surface area contributed by atoms with Gasteiger partial charge >= 0.3 is 0 Å². The van der Waals surface area contributed by atoms with Crippen molar-refractivity contribution >= 4 is 11.6 Å². The highest BCUT2D eigenvalue weighted by molar-refractivity contribution is 5.56. The van der Waals surface area contributed by atoms with E-state index in [0.29, 0.717) is 12.1 Å². The molecule has 5 nitrogen and oxygen atoms in total. The summed E-state index contributed by atoms with van der Waals surface area (Å²) in [5, 5.41) is 6.75. The maximum absolute atomic E-state index is 5.39. The molecule has 0 spiro atoms. The van der Waals surface area contributed by atoms with Gasteiger partial charge in [0, 0.05) is 25.3 Å². The van der Waals surface area contributed by atoms with E-state index in [1.807, 2.05) is 6.92 Å². The smallest absolute Gasteiger partial charge is 0.134 e. The Balaban J connectivity index is 2.03. The van der Waals surface area contributed by atoms with Crippen LogP contribution >= 0.6 is 0 Å². The van der Waals surface area contributed by atoms with E-state index in [1.54, 1.807) is 13.4 Å². The van der Waals surface area contributed by atoms with Crippen molar-refractivity contribution in [2.75, 3.05) is 24.3 Å². The van der Waals surface area contributed by atoms with Crippen LogP contribution in [-0.4, -0.2) is 35.8 Å². The van der Waals surface area contributed by atoms with Crippen molar-refractivity contribution in [1.82, 2.24) is 9.97 Å². The van der Waals surface area contributed by atoms with Gasteiger partial charge in [0.25, 0.3) is 0 Å². The first-order valence-corrected chi connectivity index (χ1v) is 6.59. The van der Waals surface area contributed by atoms with Crippen molar-refractivity contribution in [3.05, 3.63) is 11.9 Å². The fraction of sp³-hybridized carbons (Fsp3) is 0.692. The van der Waals surface area contributed by atoms with Crippen LogP contribution in [0.1, 0.15) is 31.7 Å². The molecular formula is C13H22N4O. The van der Waals surface area contributed by atoms with Crippen molar-refractivity contribution in [1.29, 1.82) is 0 Å². The molecule has 1 aliphatic rings. The van der Waals surface area contributed by atoms with Gasteiger partial charge in [0.15, 0.2) is 0 Å². The lowest BCUT2D eigenvalue weighted by molar-refractivity contribution is 0.108. The molecule has 2 N–H and O–H groups in total. The van der Waals surface area contributed by atoms with E-state index in [2.05, 4.69) is 27.5 Å². The zero-order valence-electron chi connectivity index (χ0n) is 11.4. The highest BCUT2D eigenvalue weighted by Crippen LogP contribution is 2.26. The van der Waals surface area contributed by atoms with Crippen molar-refractivity contribution in [2.24, 2.45) is 0 Å². The lowest BCUT2D eigenvalue weighted by Crippen LogP contribution is -2.19. The van der Waals surface area contributed by atoms with E-state index in [0.717, 1.165) is 43.0 Å². The van der Waals surface area contributed by atoms with Crippen LogP contribution in [-0.2, 0) is 4.74 Å². The Bertz CT molecular complexity index is 397. The minimum Gasteiger partial charge on any atom is -0.381 e. The summed E-state index contributed by atoms with van der Waals surface area (Å²) < 4.78 is 5.39. The summed E-state index contributed by atoms with van der Waals surface area (Å²) in [5.41, 5.74) is 1.08. The molecule has 1 saturated carbocycles. The Labute approximate surface area is 108 Å². The molecule has 1 aromatic heterocycles. The van der Waals surface area contributed by atoms with Crippen molar-refractivity contribution in [3.8, 4) is 0 Å². The van der Waals surface area contributed by atoms with Crippen molar-refractivity contribution < 1.29 is 4.74 Å². The SMILES string of the molecule is CCNc1ncnc(NC2CCC(OC)C2)c1C. The molecule has 5 heteroatoms. The largest absolute Gasteiger partial charge is 0.381 e. The van der Waals surface area contributed by atoms with Crippen LogP contribution in [0, 0.1) is 6.92 Å². The van der Waals surface area contributed by atoms with Crippen molar-refractivity contribution in [2.45, 2.75) is 45.3 Å². The fourth-order valence-corrected chi connectivity index (χ4v) is 2.42. The molecular weight excluding hydrogens is 228 g/mol. The second-order valence-corrected chi connectivity index (χ2v) is 4.74. The second-order valence-electron chi connectivity index (χ2n) is 4.74. The topological polar surface area (TPSA) is 59.1 Å². The lowest BCUT2D eigenvalue weighted by atomic mass is 10.2. The van der Waals surface area contributed by atoms with Crippen LogP contribution in [0.3, 0.4) is 0 Å². The third kappa shape index (κ3) is 2.90. The zero-order valence-corrected chi connectivity index (χ0v) is 11.4. The molecule has 0 saturated heterocycles. The van der Waals surface area contributed by atoms with E-state index >= 15 is 0 Å². The number of hydrogen-bond donors (Lipinski definition) is 2. The minimum absolute atomic E-state index is 0.387. The van der Waals surface area contributed by atoms with Crippen LogP contribution in [0.5, 0.6) is 0 Å². The average molecular weight is 250 g/mol. The molecule has 2 unspecified atom stereocenters. The number of hydrogen-bond acceptors (Lipinski definition) is 5. The van der Waals surface area contributed by atoms with Gasteiger partial charge in [-0.2, -0.15) is 0 Å². The van der Waals surface area contributed by atoms with E-state index in [1.165, 1.54) is 0 Å². The van der Waals surface area contributed by atoms with Gasteiger partial charge in [0.1, 0.15) is 18.0 Å². The van der Waals surface area contributed by atoms with E-state index in [-0.39, 0.29) is 0 Å². The van der Waals surface area contributed by atoms with Crippen molar-refractivity contribution in [3.63, 3.8) is 0 Å². The van der Waals surface area contributed by atoms with Crippen LogP contribution in [0.15, 0.2) is 6.33 Å². The molecule has 1 aliphatic carbocycles. The third-order valence-corrected chi connectivity index (χ3v) is 3.49. The molecule has 0 aromatic carbocycles. The van der Waals surface area contributed by atoms with Gasteiger partial charge in [-0.15, -0.1) is 0 Å². The van der Waals surface area contributed by atoms with Gasteiger partial charge in [-0.1, -0.05) is 0 Å². The first-order chi connectivity index (χ1) is 8.74. The second kappa shape index (κ2) is 6.00. The molecule has 0 aliphatic heterocycles. The quantitative estimate of drug-likeness (QED) is 0.839. The summed E-state index contributed by atoms with van der Waals surface area (Å²) in [7, 11) is 1.78. The highest BCUT2D eigenvalue weighted by Gasteiger charge is 2.25. The predicted octanol–water partition coefficient (Wildman–Crippen LogP) is 2.20. The maximum atomic E-state index is 5.39. The summed E-state index contributed by atoms with van der Waals surface area (Å²) >= 11 is 0. The Morgan fingerprint density at radius 2 is 2.11 bits per heavy atom. The van der Waals surface area contributed by atoms with E-state index < -0.39 is 0 Å². The third-order valence-electron chi connectivity index (χ3n) is 3.49. The Morgan fingerprint density at radius 1 is 1.33 bits per heavy atom. The summed E-state index contributed by atoms with van der Waals surface area (Å²) in [4.78, 5) is 8.58. The van der Waals surface area contributed by atoms with E-state index in [9.17, 15) is 0 Å². The monoisotopic (exact) mass is 250 g/mol. The molecule has 100 valence electrons. The number of nitrogens with zero attached hydrogens (tertiary/aromatic N) is 2. The summed E-state index contributed by atoms with van der Waals surface area (Å²) in [6.07, 6.45) is 5.31. The summed E-state index contributed by atoms with van der Waals surface area (Å²) in [6.45, 7) is 4.98. The first kappa shape index (κ1) is 13.1. The van der Waals surface area contributed by atoms with Crippen LogP contribution in [0.2, 0.25) is 0 Å². The first-order valence-electron chi connectivity index (χ1n) is 6.59. The molecule has 1 heterocycles. The van der Waals surface area contributed by atoms with Gasteiger partial charge in [-0.25, -0.2) is 9.97 Å². The fourth-order valence-electron chi connectivity index (χ4n) is 2.42. The van der Waals surface area contributed by atoms with Gasteiger partial charge in [0.2, 0.25) is 0 Å². The van der Waals surface area contributed by atoms with Gasteiger partial charge in [-0.05, 0) is 33.1 Å².